The number of alkyl halides is 1. The SMILES string of the molecule is CCC1(CC)CCN(c2ncc(F)cc2CCl)CC1. The van der Waals surface area contributed by atoms with Gasteiger partial charge in [0.05, 0.1) is 12.1 Å². The van der Waals surface area contributed by atoms with Crippen molar-refractivity contribution in [1.29, 1.82) is 0 Å². The zero-order valence-corrected chi connectivity index (χ0v) is 12.5. The number of piperidine rings is 1. The van der Waals surface area contributed by atoms with E-state index in [2.05, 4.69) is 23.7 Å². The van der Waals surface area contributed by atoms with Crippen LogP contribution in [0.5, 0.6) is 0 Å². The van der Waals surface area contributed by atoms with E-state index in [9.17, 15) is 4.39 Å². The summed E-state index contributed by atoms with van der Waals surface area (Å²) in [6, 6.07) is 1.50. The second kappa shape index (κ2) is 6.08. The zero-order chi connectivity index (χ0) is 13.9. The monoisotopic (exact) mass is 284 g/mol. The van der Waals surface area contributed by atoms with Crippen molar-refractivity contribution in [3.8, 4) is 0 Å². The number of hydrogen-bond donors (Lipinski definition) is 0. The molecule has 0 amide bonds. The molecule has 0 atom stereocenters. The third kappa shape index (κ3) is 3.02. The van der Waals surface area contributed by atoms with Gasteiger partial charge in [-0.3, -0.25) is 0 Å². The molecule has 0 aromatic carbocycles. The minimum absolute atomic E-state index is 0.309. The van der Waals surface area contributed by atoms with E-state index in [0.29, 0.717) is 11.3 Å². The molecule has 4 heteroatoms. The van der Waals surface area contributed by atoms with Crippen LogP contribution in [0, 0.1) is 11.2 Å². The van der Waals surface area contributed by atoms with Gasteiger partial charge in [-0.15, -0.1) is 11.6 Å². The van der Waals surface area contributed by atoms with Crippen LogP contribution in [-0.4, -0.2) is 18.1 Å². The van der Waals surface area contributed by atoms with Crippen LogP contribution >= 0.6 is 11.6 Å². The Labute approximate surface area is 120 Å². The van der Waals surface area contributed by atoms with Gasteiger partial charge in [-0.1, -0.05) is 26.7 Å². The highest BCUT2D eigenvalue weighted by atomic mass is 35.5. The lowest BCUT2D eigenvalue weighted by atomic mass is 9.74. The van der Waals surface area contributed by atoms with Crippen LogP contribution in [0.15, 0.2) is 12.3 Å². The summed E-state index contributed by atoms with van der Waals surface area (Å²) < 4.78 is 13.2. The number of anilines is 1. The lowest BCUT2D eigenvalue weighted by Crippen LogP contribution is -2.40. The van der Waals surface area contributed by atoms with Crippen LogP contribution in [0.3, 0.4) is 0 Å². The molecule has 2 heterocycles. The molecule has 1 saturated heterocycles. The van der Waals surface area contributed by atoms with Gasteiger partial charge in [0.2, 0.25) is 0 Å². The van der Waals surface area contributed by atoms with Crippen molar-refractivity contribution in [2.75, 3.05) is 18.0 Å². The summed E-state index contributed by atoms with van der Waals surface area (Å²) in [6.45, 7) is 6.54. The van der Waals surface area contributed by atoms with E-state index in [-0.39, 0.29) is 5.82 Å². The Kier molecular flexibility index (Phi) is 4.67. The van der Waals surface area contributed by atoms with Crippen LogP contribution in [0.25, 0.3) is 0 Å². The highest BCUT2D eigenvalue weighted by Gasteiger charge is 2.32. The summed E-state index contributed by atoms with van der Waals surface area (Å²) in [6.07, 6.45) is 6.11. The Morgan fingerprint density at radius 2 is 1.95 bits per heavy atom. The first-order valence-electron chi connectivity index (χ1n) is 7.09. The quantitative estimate of drug-likeness (QED) is 0.764. The molecule has 0 aliphatic carbocycles. The molecule has 0 radical (unpaired) electrons. The van der Waals surface area contributed by atoms with Crippen LogP contribution < -0.4 is 4.90 Å². The van der Waals surface area contributed by atoms with E-state index < -0.39 is 0 Å². The molecule has 0 saturated carbocycles. The van der Waals surface area contributed by atoms with Crippen molar-refractivity contribution in [3.05, 3.63) is 23.6 Å². The molecule has 0 spiro atoms. The lowest BCUT2D eigenvalue weighted by molar-refractivity contribution is 0.199. The smallest absolute Gasteiger partial charge is 0.141 e. The maximum atomic E-state index is 13.2. The minimum Gasteiger partial charge on any atom is -0.356 e. The van der Waals surface area contributed by atoms with Crippen molar-refractivity contribution in [2.45, 2.75) is 45.4 Å². The molecule has 2 rings (SSSR count). The van der Waals surface area contributed by atoms with Crippen molar-refractivity contribution in [2.24, 2.45) is 5.41 Å². The molecular weight excluding hydrogens is 263 g/mol. The van der Waals surface area contributed by atoms with Crippen LogP contribution in [0.1, 0.15) is 45.1 Å². The Bertz CT molecular complexity index is 422. The van der Waals surface area contributed by atoms with Crippen LogP contribution in [-0.2, 0) is 5.88 Å². The number of aromatic nitrogens is 1. The Balaban J connectivity index is 2.13. The number of hydrogen-bond acceptors (Lipinski definition) is 2. The largest absolute Gasteiger partial charge is 0.356 e. The van der Waals surface area contributed by atoms with Gasteiger partial charge in [0, 0.05) is 18.7 Å². The maximum Gasteiger partial charge on any atom is 0.141 e. The summed E-state index contributed by atoms with van der Waals surface area (Å²) in [4.78, 5) is 6.49. The summed E-state index contributed by atoms with van der Waals surface area (Å²) in [5, 5.41) is 0. The highest BCUT2D eigenvalue weighted by Crippen LogP contribution is 2.39. The molecule has 1 fully saturated rings. The molecule has 1 aliphatic heterocycles. The number of rotatable bonds is 4. The van der Waals surface area contributed by atoms with Crippen molar-refractivity contribution >= 4 is 17.4 Å². The topological polar surface area (TPSA) is 16.1 Å². The third-order valence-electron chi connectivity index (χ3n) is 4.68. The Morgan fingerprint density at radius 3 is 2.47 bits per heavy atom. The number of nitrogens with zero attached hydrogens (tertiary/aromatic N) is 2. The second-order valence-electron chi connectivity index (χ2n) is 5.46. The van der Waals surface area contributed by atoms with Gasteiger partial charge < -0.3 is 4.90 Å². The Morgan fingerprint density at radius 1 is 1.32 bits per heavy atom. The molecule has 19 heavy (non-hydrogen) atoms. The minimum atomic E-state index is -0.312. The molecule has 1 aromatic rings. The van der Waals surface area contributed by atoms with Gasteiger partial charge >= 0.3 is 0 Å². The van der Waals surface area contributed by atoms with Crippen LogP contribution in [0.4, 0.5) is 10.2 Å². The predicted octanol–water partition coefficient (Wildman–Crippen LogP) is 4.37. The first-order chi connectivity index (χ1) is 9.14. The van der Waals surface area contributed by atoms with E-state index in [1.54, 1.807) is 0 Å². The summed E-state index contributed by atoms with van der Waals surface area (Å²) in [7, 11) is 0. The summed E-state index contributed by atoms with van der Waals surface area (Å²) >= 11 is 5.90. The maximum absolute atomic E-state index is 13.2. The molecule has 0 bridgehead atoms. The van der Waals surface area contributed by atoms with E-state index in [0.717, 1.165) is 24.5 Å². The fourth-order valence-electron chi connectivity index (χ4n) is 3.01. The molecule has 1 aromatic heterocycles. The second-order valence-corrected chi connectivity index (χ2v) is 5.73. The molecular formula is C15H22ClFN2. The number of pyridine rings is 1. The van der Waals surface area contributed by atoms with E-state index in [1.807, 2.05) is 0 Å². The fourth-order valence-corrected chi connectivity index (χ4v) is 3.20. The molecule has 1 aliphatic rings. The van der Waals surface area contributed by atoms with Gasteiger partial charge in [-0.2, -0.15) is 0 Å². The highest BCUT2D eigenvalue weighted by molar-refractivity contribution is 6.17. The molecule has 2 nitrogen and oxygen atoms in total. The average Bonchev–Trinajstić information content (AvgIpc) is 2.47. The fraction of sp³-hybridized carbons (Fsp3) is 0.667. The average molecular weight is 285 g/mol. The Hall–Kier alpha value is -0.830. The van der Waals surface area contributed by atoms with Crippen molar-refractivity contribution in [1.82, 2.24) is 4.98 Å². The first-order valence-corrected chi connectivity index (χ1v) is 7.63. The van der Waals surface area contributed by atoms with E-state index in [1.165, 1.54) is 37.9 Å². The predicted molar refractivity (Wildman–Crippen MR) is 78.2 cm³/mol. The number of halogens is 2. The van der Waals surface area contributed by atoms with E-state index in [4.69, 9.17) is 11.6 Å². The normalized spacial score (nSPS) is 18.6. The third-order valence-corrected chi connectivity index (χ3v) is 4.97. The molecule has 106 valence electrons. The van der Waals surface area contributed by atoms with Crippen LogP contribution in [0.2, 0.25) is 0 Å². The van der Waals surface area contributed by atoms with Gasteiger partial charge in [0.1, 0.15) is 11.6 Å². The lowest BCUT2D eigenvalue weighted by Gasteiger charge is -2.41. The first kappa shape index (κ1) is 14.6. The van der Waals surface area contributed by atoms with Gasteiger partial charge in [0.25, 0.3) is 0 Å². The van der Waals surface area contributed by atoms with Gasteiger partial charge in [-0.25, -0.2) is 9.37 Å². The van der Waals surface area contributed by atoms with Gasteiger partial charge in [0.15, 0.2) is 0 Å². The molecule has 0 unspecified atom stereocenters. The van der Waals surface area contributed by atoms with E-state index >= 15 is 0 Å². The summed E-state index contributed by atoms with van der Waals surface area (Å²) in [5.41, 5.74) is 1.28. The summed E-state index contributed by atoms with van der Waals surface area (Å²) in [5.74, 6) is 0.855. The molecule has 0 N–H and O–H groups in total. The standard InChI is InChI=1S/C15H22ClFN2/c1-3-15(4-2)5-7-19(8-6-15)14-12(10-16)9-13(17)11-18-14/h9,11H,3-8,10H2,1-2H3. The van der Waals surface area contributed by atoms with Crippen molar-refractivity contribution < 1.29 is 4.39 Å². The van der Waals surface area contributed by atoms with Gasteiger partial charge in [-0.05, 0) is 24.3 Å². The van der Waals surface area contributed by atoms with Crippen molar-refractivity contribution in [3.63, 3.8) is 0 Å². The zero-order valence-electron chi connectivity index (χ0n) is 11.8.